The van der Waals surface area contributed by atoms with E-state index in [1.807, 2.05) is 6.92 Å². The molecule has 1 aromatic heterocycles. The number of aliphatic hydroxyl groups excluding tert-OH is 1. The van der Waals surface area contributed by atoms with E-state index in [0.717, 1.165) is 36.5 Å². The van der Waals surface area contributed by atoms with Crippen LogP contribution in [0.2, 0.25) is 0 Å². The van der Waals surface area contributed by atoms with Crippen LogP contribution in [0.4, 0.5) is 0 Å². The minimum Gasteiger partial charge on any atom is -0.390 e. The van der Waals surface area contributed by atoms with E-state index in [1.54, 1.807) is 0 Å². The quantitative estimate of drug-likeness (QED) is 0.714. The molecule has 1 heterocycles. The number of aliphatic hydroxyl groups is 1. The second-order valence-corrected chi connectivity index (χ2v) is 2.87. The van der Waals surface area contributed by atoms with Gasteiger partial charge in [-0.1, -0.05) is 13.8 Å². The Kier molecular flexibility index (Phi) is 3.29. The first-order valence-electron chi connectivity index (χ1n) is 4.49. The molecule has 0 atom stereocenters. The molecule has 0 bridgehead atoms. The summed E-state index contributed by atoms with van der Waals surface area (Å²) < 4.78 is 0. The maximum atomic E-state index is 8.96. The van der Waals surface area contributed by atoms with E-state index in [4.69, 9.17) is 5.11 Å². The average Bonchev–Trinajstić information content (AvgIpc) is 2.48. The topological polar surface area (TPSA) is 48.9 Å². The lowest BCUT2D eigenvalue weighted by atomic mass is 10.3. The molecule has 68 valence electrons. The Balaban J connectivity index is 2.81. The number of nitrogens with zero attached hydrogens (tertiary/aromatic N) is 1. The van der Waals surface area contributed by atoms with Crippen molar-refractivity contribution in [3.8, 4) is 0 Å². The summed E-state index contributed by atoms with van der Waals surface area (Å²) in [4.78, 5) is 7.50. The van der Waals surface area contributed by atoms with Crippen LogP contribution in [0.25, 0.3) is 0 Å². The van der Waals surface area contributed by atoms with E-state index < -0.39 is 0 Å². The Morgan fingerprint density at radius 1 is 1.42 bits per heavy atom. The summed E-state index contributed by atoms with van der Waals surface area (Å²) in [6.45, 7) is 4.23. The molecule has 0 amide bonds. The number of aromatic amines is 1. The highest BCUT2D eigenvalue weighted by Gasteiger charge is 2.05. The predicted octanol–water partition coefficient (Wildman–Crippen LogP) is 1.42. The maximum Gasteiger partial charge on any atom is 0.106 e. The van der Waals surface area contributed by atoms with Gasteiger partial charge in [-0.15, -0.1) is 0 Å². The van der Waals surface area contributed by atoms with E-state index in [9.17, 15) is 0 Å². The number of H-pyrrole nitrogens is 1. The first-order chi connectivity index (χ1) is 5.81. The van der Waals surface area contributed by atoms with Gasteiger partial charge < -0.3 is 10.1 Å². The van der Waals surface area contributed by atoms with Crippen LogP contribution in [0.3, 0.4) is 0 Å². The van der Waals surface area contributed by atoms with E-state index in [1.165, 1.54) is 0 Å². The van der Waals surface area contributed by atoms with Crippen molar-refractivity contribution in [2.75, 3.05) is 0 Å². The summed E-state index contributed by atoms with van der Waals surface area (Å²) in [5, 5.41) is 8.96. The third-order valence-corrected chi connectivity index (χ3v) is 1.89. The molecule has 1 rings (SSSR count). The van der Waals surface area contributed by atoms with Crippen LogP contribution in [-0.2, 0) is 19.4 Å². The normalized spacial score (nSPS) is 10.6. The SMILES string of the molecule is CCCc1nc(CC)c(CO)[nH]1. The fourth-order valence-corrected chi connectivity index (χ4v) is 1.28. The molecule has 2 N–H and O–H groups in total. The van der Waals surface area contributed by atoms with E-state index in [-0.39, 0.29) is 6.61 Å². The van der Waals surface area contributed by atoms with E-state index in [0.29, 0.717) is 0 Å². The molecule has 0 aliphatic heterocycles. The highest BCUT2D eigenvalue weighted by Crippen LogP contribution is 2.08. The molecule has 12 heavy (non-hydrogen) atoms. The summed E-state index contributed by atoms with van der Waals surface area (Å²) in [6.07, 6.45) is 2.94. The van der Waals surface area contributed by atoms with Crippen LogP contribution >= 0.6 is 0 Å². The van der Waals surface area contributed by atoms with Gasteiger partial charge in [-0.25, -0.2) is 4.98 Å². The first kappa shape index (κ1) is 9.26. The lowest BCUT2D eigenvalue weighted by molar-refractivity contribution is 0.276. The number of nitrogens with one attached hydrogen (secondary N) is 1. The number of aromatic nitrogens is 2. The van der Waals surface area contributed by atoms with Crippen molar-refractivity contribution in [3.05, 3.63) is 17.2 Å². The fraction of sp³-hybridized carbons (Fsp3) is 0.667. The van der Waals surface area contributed by atoms with Gasteiger partial charge in [0, 0.05) is 6.42 Å². The van der Waals surface area contributed by atoms with Crippen molar-refractivity contribution in [2.45, 2.75) is 39.7 Å². The van der Waals surface area contributed by atoms with Crippen molar-refractivity contribution >= 4 is 0 Å². The smallest absolute Gasteiger partial charge is 0.106 e. The second-order valence-electron chi connectivity index (χ2n) is 2.87. The van der Waals surface area contributed by atoms with Crippen LogP contribution in [0.1, 0.15) is 37.5 Å². The summed E-state index contributed by atoms with van der Waals surface area (Å²) in [5.41, 5.74) is 1.88. The third-order valence-electron chi connectivity index (χ3n) is 1.89. The molecule has 0 fully saturated rings. The standard InChI is InChI=1S/C9H16N2O/c1-3-5-9-10-7(4-2)8(6-12)11-9/h12H,3-6H2,1-2H3,(H,10,11). The van der Waals surface area contributed by atoms with Gasteiger partial charge in [0.2, 0.25) is 0 Å². The Morgan fingerprint density at radius 3 is 2.58 bits per heavy atom. The van der Waals surface area contributed by atoms with Gasteiger partial charge in [-0.2, -0.15) is 0 Å². The Bertz CT molecular complexity index is 221. The number of hydrogen-bond donors (Lipinski definition) is 2. The molecule has 0 saturated heterocycles. The van der Waals surface area contributed by atoms with Crippen LogP contribution in [-0.4, -0.2) is 15.1 Å². The van der Waals surface area contributed by atoms with Crippen LogP contribution in [0.5, 0.6) is 0 Å². The van der Waals surface area contributed by atoms with Gasteiger partial charge >= 0.3 is 0 Å². The first-order valence-corrected chi connectivity index (χ1v) is 4.49. The number of aryl methyl sites for hydroxylation is 2. The molecule has 1 aromatic rings. The number of hydrogen-bond acceptors (Lipinski definition) is 2. The number of imidazole rings is 1. The average molecular weight is 168 g/mol. The summed E-state index contributed by atoms with van der Waals surface area (Å²) in [5.74, 6) is 0.999. The van der Waals surface area contributed by atoms with Gasteiger partial charge in [0.25, 0.3) is 0 Å². The highest BCUT2D eigenvalue weighted by atomic mass is 16.3. The maximum absolute atomic E-state index is 8.96. The summed E-state index contributed by atoms with van der Waals surface area (Å²) >= 11 is 0. The van der Waals surface area contributed by atoms with Crippen LogP contribution in [0, 0.1) is 0 Å². The Labute approximate surface area is 72.8 Å². The summed E-state index contributed by atoms with van der Waals surface area (Å²) in [6, 6.07) is 0. The molecular weight excluding hydrogens is 152 g/mol. The largest absolute Gasteiger partial charge is 0.390 e. The fourth-order valence-electron chi connectivity index (χ4n) is 1.28. The van der Waals surface area contributed by atoms with Gasteiger partial charge in [0.05, 0.1) is 18.0 Å². The van der Waals surface area contributed by atoms with Crippen molar-refractivity contribution in [3.63, 3.8) is 0 Å². The minimum atomic E-state index is 0.0693. The number of rotatable bonds is 4. The van der Waals surface area contributed by atoms with E-state index in [2.05, 4.69) is 16.9 Å². The lowest BCUT2D eigenvalue weighted by Gasteiger charge is -1.91. The van der Waals surface area contributed by atoms with Gasteiger partial charge in [-0.3, -0.25) is 0 Å². The molecule has 0 aliphatic carbocycles. The van der Waals surface area contributed by atoms with Gasteiger partial charge in [0.15, 0.2) is 0 Å². The summed E-state index contributed by atoms with van der Waals surface area (Å²) in [7, 11) is 0. The Morgan fingerprint density at radius 2 is 2.17 bits per heavy atom. The zero-order chi connectivity index (χ0) is 8.97. The zero-order valence-electron chi connectivity index (χ0n) is 7.72. The van der Waals surface area contributed by atoms with Gasteiger partial charge in [0.1, 0.15) is 5.82 Å². The van der Waals surface area contributed by atoms with Crippen molar-refractivity contribution in [1.29, 1.82) is 0 Å². The Hall–Kier alpha value is -0.830. The molecule has 0 aliphatic rings. The third kappa shape index (κ3) is 1.85. The van der Waals surface area contributed by atoms with Crippen molar-refractivity contribution in [1.82, 2.24) is 9.97 Å². The molecule has 0 radical (unpaired) electrons. The van der Waals surface area contributed by atoms with Crippen molar-refractivity contribution < 1.29 is 5.11 Å². The minimum absolute atomic E-state index is 0.0693. The molecule has 0 spiro atoms. The highest BCUT2D eigenvalue weighted by molar-refractivity contribution is 5.13. The van der Waals surface area contributed by atoms with Crippen LogP contribution < -0.4 is 0 Å². The lowest BCUT2D eigenvalue weighted by Crippen LogP contribution is -1.89. The van der Waals surface area contributed by atoms with Crippen LogP contribution in [0.15, 0.2) is 0 Å². The molecule has 0 unspecified atom stereocenters. The molecule has 3 heteroatoms. The molecular formula is C9H16N2O. The van der Waals surface area contributed by atoms with E-state index >= 15 is 0 Å². The molecule has 0 saturated carbocycles. The van der Waals surface area contributed by atoms with Crippen molar-refractivity contribution in [2.24, 2.45) is 0 Å². The van der Waals surface area contributed by atoms with Gasteiger partial charge in [-0.05, 0) is 12.8 Å². The monoisotopic (exact) mass is 168 g/mol. The molecule has 0 aromatic carbocycles. The molecule has 3 nitrogen and oxygen atoms in total. The zero-order valence-corrected chi connectivity index (χ0v) is 7.72. The second kappa shape index (κ2) is 4.26. The predicted molar refractivity (Wildman–Crippen MR) is 47.9 cm³/mol.